The first-order chi connectivity index (χ1) is 18.2. The Bertz CT molecular complexity index is 1210. The van der Waals surface area contributed by atoms with Crippen LogP contribution < -0.4 is 16.0 Å². The summed E-state index contributed by atoms with van der Waals surface area (Å²) in [5, 5.41) is 13.2. The number of anilines is 2. The Labute approximate surface area is 224 Å². The number of carbonyl (C=O) groups is 2. The summed E-state index contributed by atoms with van der Waals surface area (Å²) in [5.41, 5.74) is 4.74. The molecule has 12 heteroatoms. The van der Waals surface area contributed by atoms with Crippen LogP contribution in [0.25, 0.3) is 0 Å². The highest BCUT2D eigenvalue weighted by Gasteiger charge is 2.53. The van der Waals surface area contributed by atoms with Gasteiger partial charge in [-0.3, -0.25) is 14.9 Å². The largest absolute Gasteiger partial charge is 0.416 e. The molecule has 2 atom stereocenters. The second kappa shape index (κ2) is 10.6. The monoisotopic (exact) mass is 551 g/mol. The van der Waals surface area contributed by atoms with Gasteiger partial charge >= 0.3 is 6.18 Å². The number of likely N-dealkylation sites (N-methyl/N-ethyl adjacent to an activating group) is 1. The van der Waals surface area contributed by atoms with E-state index in [1.807, 2.05) is 17.0 Å². The van der Waals surface area contributed by atoms with Crippen LogP contribution in [0.4, 0.5) is 28.9 Å². The Morgan fingerprint density at radius 2 is 1.72 bits per heavy atom. The molecule has 2 amide bonds. The summed E-state index contributed by atoms with van der Waals surface area (Å²) in [6.45, 7) is 4.33. The quantitative estimate of drug-likeness (QED) is 0.289. The van der Waals surface area contributed by atoms with Crippen LogP contribution >= 0.6 is 0 Å². The first-order valence-electron chi connectivity index (χ1n) is 12.7. The molecule has 212 valence electrons. The Morgan fingerprint density at radius 3 is 2.28 bits per heavy atom. The van der Waals surface area contributed by atoms with Crippen molar-refractivity contribution in [2.45, 2.75) is 50.7 Å². The van der Waals surface area contributed by atoms with Crippen LogP contribution in [0.3, 0.4) is 0 Å². The molecule has 1 unspecified atom stereocenters. The van der Waals surface area contributed by atoms with E-state index in [9.17, 15) is 32.3 Å². The van der Waals surface area contributed by atoms with E-state index >= 15 is 0 Å². The second-order valence-electron chi connectivity index (χ2n) is 10.5. The maximum atomic E-state index is 14.3. The lowest BCUT2D eigenvalue weighted by Gasteiger charge is -2.44. The number of hydrogen-bond acceptors (Lipinski definition) is 6. The van der Waals surface area contributed by atoms with E-state index in [1.165, 1.54) is 0 Å². The average Bonchev–Trinajstić information content (AvgIpc) is 3.12. The van der Waals surface area contributed by atoms with Gasteiger partial charge in [-0.25, -0.2) is 4.39 Å². The average molecular weight is 552 g/mol. The van der Waals surface area contributed by atoms with E-state index in [2.05, 4.69) is 5.32 Å². The number of hydrogen-bond donors (Lipinski definition) is 3. The van der Waals surface area contributed by atoms with Gasteiger partial charge in [-0.15, -0.1) is 0 Å². The predicted molar refractivity (Wildman–Crippen MR) is 138 cm³/mol. The number of piperidine rings is 1. The van der Waals surface area contributed by atoms with Gasteiger partial charge in [0.15, 0.2) is 0 Å². The minimum Gasteiger partial charge on any atom is -0.399 e. The smallest absolute Gasteiger partial charge is 0.399 e. The highest BCUT2D eigenvalue weighted by molar-refractivity contribution is 5.94. The lowest BCUT2D eigenvalue weighted by molar-refractivity contribution is -0.140. The number of nitrogens with one attached hydrogen (secondary N) is 1. The van der Waals surface area contributed by atoms with E-state index in [0.29, 0.717) is 43.4 Å². The highest BCUT2D eigenvalue weighted by Crippen LogP contribution is 2.39. The fraction of sp³-hybridized carbons (Fsp3) is 0.481. The number of nitrogens with zero attached hydrogens (tertiary/aromatic N) is 3. The van der Waals surface area contributed by atoms with Crippen LogP contribution in [-0.2, 0) is 15.8 Å². The van der Waals surface area contributed by atoms with Crippen LogP contribution in [0.15, 0.2) is 42.5 Å². The molecule has 39 heavy (non-hydrogen) atoms. The zero-order chi connectivity index (χ0) is 28.7. The summed E-state index contributed by atoms with van der Waals surface area (Å²) in [6, 6.07) is 8.01. The fourth-order valence-electron chi connectivity index (χ4n) is 5.38. The summed E-state index contributed by atoms with van der Waals surface area (Å²) in [4.78, 5) is 32.0. The molecule has 1 spiro atoms. The van der Waals surface area contributed by atoms with Crippen molar-refractivity contribution in [1.82, 2.24) is 15.1 Å². The van der Waals surface area contributed by atoms with Crippen molar-refractivity contribution in [2.75, 3.05) is 37.4 Å². The Balaban J connectivity index is 1.50. The Hall–Kier alpha value is -3.38. The SMILES string of the molecule is CC(C)[C@@H](NC(O)c1cc(C(F)(F)F)ccc1F)C(=O)N1CCC2(CC1)C(=O)N(C)CN2c1ccc(N)cc1. The van der Waals surface area contributed by atoms with E-state index < -0.39 is 40.9 Å². The second-order valence-corrected chi connectivity index (χ2v) is 10.5. The maximum absolute atomic E-state index is 14.3. The van der Waals surface area contributed by atoms with E-state index in [-0.39, 0.29) is 30.8 Å². The fourth-order valence-corrected chi connectivity index (χ4v) is 5.38. The first-order valence-corrected chi connectivity index (χ1v) is 12.7. The topological polar surface area (TPSA) is 102 Å². The number of nitrogen functional groups attached to an aromatic ring is 1. The minimum atomic E-state index is -4.72. The number of halogens is 4. The standard InChI is InChI=1S/C27H33F4N5O3/c1-16(2)22(33-23(37)20-14-17(27(29,30)31)4-9-21(20)28)24(38)35-12-10-26(11-13-35)25(39)34(3)15-36(26)19-7-5-18(32)6-8-19/h4-9,14,16,22-23,33,37H,10-13,15,32H2,1-3H3/t22-,23?/m1/s1. The molecule has 0 aliphatic carbocycles. The lowest BCUT2D eigenvalue weighted by Crippen LogP contribution is -2.60. The molecule has 2 saturated heterocycles. The molecule has 0 aromatic heterocycles. The molecule has 0 bridgehead atoms. The normalized spacial score (nSPS) is 19.2. The maximum Gasteiger partial charge on any atom is 0.416 e. The lowest BCUT2D eigenvalue weighted by atomic mass is 9.85. The third kappa shape index (κ3) is 5.53. The molecule has 2 fully saturated rings. The molecule has 2 aliphatic heterocycles. The third-order valence-corrected chi connectivity index (χ3v) is 7.61. The van der Waals surface area contributed by atoms with Crippen LogP contribution in [0.5, 0.6) is 0 Å². The molecular formula is C27H33F4N5O3. The molecular weight excluding hydrogens is 518 g/mol. The summed E-state index contributed by atoms with van der Waals surface area (Å²) in [6.07, 6.45) is -5.83. The van der Waals surface area contributed by atoms with Crippen molar-refractivity contribution in [2.24, 2.45) is 5.92 Å². The number of aliphatic hydroxyl groups is 1. The van der Waals surface area contributed by atoms with Crippen LogP contribution in [-0.4, -0.2) is 65.1 Å². The molecule has 4 rings (SSSR count). The number of carbonyl (C=O) groups excluding carboxylic acids is 2. The van der Waals surface area contributed by atoms with Gasteiger partial charge in [0.05, 0.1) is 18.3 Å². The van der Waals surface area contributed by atoms with Gasteiger partial charge in [0.2, 0.25) is 11.8 Å². The van der Waals surface area contributed by atoms with Crippen molar-refractivity contribution < 1.29 is 32.3 Å². The van der Waals surface area contributed by atoms with Crippen LogP contribution in [0.1, 0.15) is 44.0 Å². The number of nitrogens with two attached hydrogens (primary N) is 1. The molecule has 2 aromatic rings. The number of benzene rings is 2. The summed E-state index contributed by atoms with van der Waals surface area (Å²) in [5.74, 6) is -1.82. The molecule has 0 saturated carbocycles. The number of rotatable bonds is 6. The van der Waals surface area contributed by atoms with E-state index in [4.69, 9.17) is 5.73 Å². The summed E-state index contributed by atoms with van der Waals surface area (Å²) < 4.78 is 53.7. The van der Waals surface area contributed by atoms with Crippen molar-refractivity contribution in [3.05, 3.63) is 59.4 Å². The number of likely N-dealkylation sites (tertiary alicyclic amines) is 1. The van der Waals surface area contributed by atoms with E-state index in [1.54, 1.807) is 42.8 Å². The summed E-state index contributed by atoms with van der Waals surface area (Å²) >= 11 is 0. The molecule has 2 heterocycles. The minimum absolute atomic E-state index is 0.0413. The number of aliphatic hydroxyl groups excluding tert-OH is 1. The Kier molecular flexibility index (Phi) is 7.82. The zero-order valence-electron chi connectivity index (χ0n) is 22.0. The number of amides is 2. The zero-order valence-corrected chi connectivity index (χ0v) is 22.0. The number of alkyl halides is 3. The highest BCUT2D eigenvalue weighted by atomic mass is 19.4. The van der Waals surface area contributed by atoms with Crippen molar-refractivity contribution in [1.29, 1.82) is 0 Å². The van der Waals surface area contributed by atoms with Gasteiger partial charge in [0.1, 0.15) is 17.6 Å². The van der Waals surface area contributed by atoms with Gasteiger partial charge in [0, 0.05) is 37.1 Å². The van der Waals surface area contributed by atoms with E-state index in [0.717, 1.165) is 5.69 Å². The summed E-state index contributed by atoms with van der Waals surface area (Å²) in [7, 11) is 1.73. The van der Waals surface area contributed by atoms with Crippen molar-refractivity contribution in [3.63, 3.8) is 0 Å². The van der Waals surface area contributed by atoms with Crippen LogP contribution in [0, 0.1) is 11.7 Å². The molecule has 4 N–H and O–H groups in total. The van der Waals surface area contributed by atoms with Crippen molar-refractivity contribution >= 4 is 23.2 Å². The molecule has 2 aromatic carbocycles. The molecule has 2 aliphatic rings. The molecule has 8 nitrogen and oxygen atoms in total. The van der Waals surface area contributed by atoms with Crippen molar-refractivity contribution in [3.8, 4) is 0 Å². The first kappa shape index (κ1) is 28.6. The predicted octanol–water partition coefficient (Wildman–Crippen LogP) is 3.33. The van der Waals surface area contributed by atoms with Gasteiger partial charge in [-0.05, 0) is 61.2 Å². The Morgan fingerprint density at radius 1 is 1.10 bits per heavy atom. The molecule has 0 radical (unpaired) electrons. The third-order valence-electron chi connectivity index (χ3n) is 7.61. The van der Waals surface area contributed by atoms with Gasteiger partial charge in [0.25, 0.3) is 0 Å². The van der Waals surface area contributed by atoms with Gasteiger partial charge in [-0.2, -0.15) is 13.2 Å². The van der Waals surface area contributed by atoms with Crippen LogP contribution in [0.2, 0.25) is 0 Å². The van der Waals surface area contributed by atoms with Gasteiger partial charge in [-0.1, -0.05) is 13.8 Å². The van der Waals surface area contributed by atoms with Gasteiger partial charge < -0.3 is 25.5 Å².